The van der Waals surface area contributed by atoms with E-state index in [2.05, 4.69) is 10.6 Å². The summed E-state index contributed by atoms with van der Waals surface area (Å²) in [5.41, 5.74) is 1.69. The van der Waals surface area contributed by atoms with E-state index in [0.717, 1.165) is 11.3 Å². The van der Waals surface area contributed by atoms with Crippen molar-refractivity contribution in [3.8, 4) is 5.75 Å². The van der Waals surface area contributed by atoms with Crippen LogP contribution in [0.3, 0.4) is 0 Å². The van der Waals surface area contributed by atoms with Crippen molar-refractivity contribution in [1.29, 1.82) is 0 Å². The molecule has 118 valence electrons. The Morgan fingerprint density at radius 2 is 2.05 bits per heavy atom. The number of amides is 2. The highest BCUT2D eigenvalue weighted by Crippen LogP contribution is 2.15. The number of carbonyl (C=O) groups excluding carboxylic acids is 1. The summed E-state index contributed by atoms with van der Waals surface area (Å²) in [5, 5.41) is 15.3. The second-order valence-electron chi connectivity index (χ2n) is 4.82. The van der Waals surface area contributed by atoms with Crippen LogP contribution in [0, 0.1) is 0 Å². The summed E-state index contributed by atoms with van der Waals surface area (Å²) in [5.74, 6) is 0.779. The van der Waals surface area contributed by atoms with Crippen LogP contribution in [0.25, 0.3) is 0 Å². The zero-order valence-electron chi connectivity index (χ0n) is 12.4. The number of hydrogen-bond acceptors (Lipinski definition) is 4. The van der Waals surface area contributed by atoms with Crippen LogP contribution in [-0.4, -0.2) is 24.8 Å². The molecule has 1 aromatic carbocycles. The van der Waals surface area contributed by atoms with Gasteiger partial charge in [-0.2, -0.15) is 0 Å². The van der Waals surface area contributed by atoms with E-state index in [1.54, 1.807) is 13.2 Å². The molecule has 0 spiro atoms. The number of benzene rings is 1. The predicted molar refractivity (Wildman–Crippen MR) is 81.5 cm³/mol. The molecule has 0 saturated carbocycles. The van der Waals surface area contributed by atoms with Gasteiger partial charge in [0.15, 0.2) is 0 Å². The molecule has 0 aliphatic rings. The summed E-state index contributed by atoms with van der Waals surface area (Å²) < 4.78 is 9.97. The Labute approximate surface area is 129 Å². The molecule has 2 amide bonds. The first-order valence-corrected chi connectivity index (χ1v) is 7.04. The Kier molecular flexibility index (Phi) is 5.85. The fourth-order valence-electron chi connectivity index (χ4n) is 1.94. The smallest absolute Gasteiger partial charge is 0.315 e. The van der Waals surface area contributed by atoms with Gasteiger partial charge >= 0.3 is 6.03 Å². The lowest BCUT2D eigenvalue weighted by atomic mass is 10.1. The van der Waals surface area contributed by atoms with Gasteiger partial charge in [0.2, 0.25) is 0 Å². The van der Waals surface area contributed by atoms with Crippen LogP contribution in [0.15, 0.2) is 47.3 Å². The third kappa shape index (κ3) is 4.82. The van der Waals surface area contributed by atoms with Crippen LogP contribution in [0.2, 0.25) is 0 Å². The molecule has 1 unspecified atom stereocenters. The average molecular weight is 304 g/mol. The number of furan rings is 1. The first kappa shape index (κ1) is 15.9. The average Bonchev–Trinajstić information content (AvgIpc) is 3.08. The summed E-state index contributed by atoms with van der Waals surface area (Å²) in [7, 11) is 1.61. The first-order valence-electron chi connectivity index (χ1n) is 7.04. The number of ether oxygens (including phenoxy) is 1. The number of aliphatic hydroxyl groups is 1. The van der Waals surface area contributed by atoms with Crippen molar-refractivity contribution < 1.29 is 19.1 Å². The molecule has 1 aromatic heterocycles. The molecule has 0 aliphatic carbocycles. The molecule has 1 heterocycles. The highest BCUT2D eigenvalue weighted by molar-refractivity contribution is 5.73. The highest BCUT2D eigenvalue weighted by atomic mass is 16.5. The van der Waals surface area contributed by atoms with Gasteiger partial charge in [-0.3, -0.25) is 0 Å². The minimum atomic E-state index is -0.638. The van der Waals surface area contributed by atoms with E-state index in [9.17, 15) is 9.90 Å². The van der Waals surface area contributed by atoms with E-state index >= 15 is 0 Å². The largest absolute Gasteiger partial charge is 0.497 e. The Balaban J connectivity index is 1.65. The summed E-state index contributed by atoms with van der Waals surface area (Å²) in [6.45, 7) is 0.806. The molecule has 22 heavy (non-hydrogen) atoms. The monoisotopic (exact) mass is 304 g/mol. The molecule has 3 N–H and O–H groups in total. The van der Waals surface area contributed by atoms with Crippen LogP contribution in [0.1, 0.15) is 23.7 Å². The number of carbonyl (C=O) groups is 1. The lowest BCUT2D eigenvalue weighted by Gasteiger charge is -2.10. The quantitative estimate of drug-likeness (QED) is 0.732. The van der Waals surface area contributed by atoms with E-state index in [-0.39, 0.29) is 6.03 Å². The zero-order valence-corrected chi connectivity index (χ0v) is 12.4. The lowest BCUT2D eigenvalue weighted by molar-refractivity contribution is 0.166. The predicted octanol–water partition coefficient (Wildman–Crippen LogP) is 2.21. The summed E-state index contributed by atoms with van der Waals surface area (Å²) >= 11 is 0. The fourth-order valence-corrected chi connectivity index (χ4v) is 1.94. The standard InChI is InChI=1S/C16H20N2O4/c1-21-14-4-2-12(3-5-14)10-18-16(20)17-8-6-15(19)13-7-9-22-11-13/h2-5,7,9,11,15,19H,6,8,10H2,1H3,(H2,17,18,20). The number of nitrogens with one attached hydrogen (secondary N) is 2. The van der Waals surface area contributed by atoms with Gasteiger partial charge in [0.25, 0.3) is 0 Å². The normalized spacial score (nSPS) is 11.7. The summed E-state index contributed by atoms with van der Waals surface area (Å²) in [6.07, 6.45) is 2.79. The van der Waals surface area contributed by atoms with E-state index in [0.29, 0.717) is 25.1 Å². The SMILES string of the molecule is COc1ccc(CNC(=O)NCCC(O)c2ccoc2)cc1. The van der Waals surface area contributed by atoms with Crippen molar-refractivity contribution >= 4 is 6.03 Å². The molecule has 1 atom stereocenters. The van der Waals surface area contributed by atoms with Gasteiger partial charge in [-0.15, -0.1) is 0 Å². The van der Waals surface area contributed by atoms with Crippen LogP contribution < -0.4 is 15.4 Å². The van der Waals surface area contributed by atoms with Crippen LogP contribution in [0.5, 0.6) is 5.75 Å². The van der Waals surface area contributed by atoms with E-state index in [1.807, 2.05) is 24.3 Å². The van der Waals surface area contributed by atoms with E-state index in [4.69, 9.17) is 9.15 Å². The van der Waals surface area contributed by atoms with Gasteiger partial charge in [-0.1, -0.05) is 12.1 Å². The molecule has 2 rings (SSSR count). The Morgan fingerprint density at radius 1 is 1.27 bits per heavy atom. The third-order valence-electron chi connectivity index (χ3n) is 3.24. The number of aliphatic hydroxyl groups excluding tert-OH is 1. The Hall–Kier alpha value is -2.47. The molecular formula is C16H20N2O4. The van der Waals surface area contributed by atoms with Gasteiger partial charge in [0.05, 0.1) is 25.7 Å². The summed E-state index contributed by atoms with van der Waals surface area (Å²) in [4.78, 5) is 11.7. The van der Waals surface area contributed by atoms with E-state index < -0.39 is 6.10 Å². The maximum absolute atomic E-state index is 11.7. The molecule has 0 saturated heterocycles. The first-order chi connectivity index (χ1) is 10.7. The number of methoxy groups -OCH3 is 1. The number of rotatable bonds is 7. The van der Waals surface area contributed by atoms with Crippen molar-refractivity contribution in [3.05, 3.63) is 54.0 Å². The van der Waals surface area contributed by atoms with Crippen molar-refractivity contribution in [2.75, 3.05) is 13.7 Å². The molecule has 0 bridgehead atoms. The Bertz CT molecular complexity index is 566. The van der Waals surface area contributed by atoms with Gasteiger partial charge in [0.1, 0.15) is 5.75 Å². The minimum absolute atomic E-state index is 0.268. The maximum Gasteiger partial charge on any atom is 0.315 e. The van der Waals surface area contributed by atoms with Crippen LogP contribution in [0.4, 0.5) is 4.79 Å². The molecule has 0 fully saturated rings. The number of urea groups is 1. The molecule has 0 radical (unpaired) electrons. The zero-order chi connectivity index (χ0) is 15.8. The number of hydrogen-bond donors (Lipinski definition) is 3. The topological polar surface area (TPSA) is 83.7 Å². The lowest BCUT2D eigenvalue weighted by Crippen LogP contribution is -2.36. The molecule has 0 aliphatic heterocycles. The molecule has 6 heteroatoms. The summed E-state index contributed by atoms with van der Waals surface area (Å²) in [6, 6.07) is 8.90. The molecule has 6 nitrogen and oxygen atoms in total. The molecule has 2 aromatic rings. The van der Waals surface area contributed by atoms with Crippen molar-refractivity contribution in [3.63, 3.8) is 0 Å². The third-order valence-corrected chi connectivity index (χ3v) is 3.24. The molecular weight excluding hydrogens is 284 g/mol. The minimum Gasteiger partial charge on any atom is -0.497 e. The van der Waals surface area contributed by atoms with E-state index in [1.165, 1.54) is 12.5 Å². The van der Waals surface area contributed by atoms with Crippen LogP contribution in [-0.2, 0) is 6.54 Å². The highest BCUT2D eigenvalue weighted by Gasteiger charge is 2.09. The Morgan fingerprint density at radius 3 is 2.68 bits per heavy atom. The van der Waals surface area contributed by atoms with Crippen molar-refractivity contribution in [2.45, 2.75) is 19.1 Å². The maximum atomic E-state index is 11.7. The van der Waals surface area contributed by atoms with Crippen molar-refractivity contribution in [1.82, 2.24) is 10.6 Å². The second kappa shape index (κ2) is 8.09. The van der Waals surface area contributed by atoms with Gasteiger partial charge in [0, 0.05) is 18.7 Å². The van der Waals surface area contributed by atoms with Crippen LogP contribution >= 0.6 is 0 Å². The van der Waals surface area contributed by atoms with Gasteiger partial charge in [-0.05, 0) is 30.2 Å². The fraction of sp³-hybridized carbons (Fsp3) is 0.312. The van der Waals surface area contributed by atoms with Gasteiger partial charge < -0.3 is 24.9 Å². The van der Waals surface area contributed by atoms with Crippen molar-refractivity contribution in [2.24, 2.45) is 0 Å². The second-order valence-corrected chi connectivity index (χ2v) is 4.82. The van der Waals surface area contributed by atoms with Gasteiger partial charge in [-0.25, -0.2) is 4.79 Å².